The van der Waals surface area contributed by atoms with Gasteiger partial charge < -0.3 is 9.47 Å². The standard InChI is InChI=1S/C25H19F5N2O2S/c26-20-4-2-1-3-17(20)12-18-14-32-23(35-18)19(11-15-7-9-31-10-8-15)16-5-6-21(33-24(27)28)22(13-16)34-25(29)30/h1-10,13-14,19,24-25H,11-12H2. The van der Waals surface area contributed by atoms with Crippen LogP contribution in [0, 0.1) is 5.82 Å². The Morgan fingerprint density at radius 2 is 1.57 bits per heavy atom. The Balaban J connectivity index is 1.70. The van der Waals surface area contributed by atoms with Crippen LogP contribution in [0.4, 0.5) is 22.0 Å². The molecule has 4 nitrogen and oxygen atoms in total. The molecule has 10 heteroatoms. The van der Waals surface area contributed by atoms with E-state index in [4.69, 9.17) is 0 Å². The number of ether oxygens (including phenoxy) is 2. The molecule has 2 aromatic carbocycles. The average molecular weight is 506 g/mol. The van der Waals surface area contributed by atoms with E-state index in [2.05, 4.69) is 19.4 Å². The van der Waals surface area contributed by atoms with E-state index >= 15 is 0 Å². The van der Waals surface area contributed by atoms with Gasteiger partial charge in [0.25, 0.3) is 0 Å². The molecule has 0 amide bonds. The SMILES string of the molecule is Fc1ccccc1Cc1cnc(C(Cc2ccncc2)c2ccc(OC(F)F)c(OC(F)F)c2)s1. The number of alkyl halides is 4. The highest BCUT2D eigenvalue weighted by Gasteiger charge is 2.23. The minimum Gasteiger partial charge on any atom is -0.431 e. The second-order valence-corrected chi connectivity index (χ2v) is 8.66. The zero-order valence-corrected chi connectivity index (χ0v) is 18.9. The molecule has 2 heterocycles. The van der Waals surface area contributed by atoms with Crippen molar-refractivity contribution < 1.29 is 31.4 Å². The molecule has 0 radical (unpaired) electrons. The summed E-state index contributed by atoms with van der Waals surface area (Å²) in [6, 6.07) is 14.0. The number of hydrogen-bond acceptors (Lipinski definition) is 5. The fourth-order valence-corrected chi connectivity index (χ4v) is 4.69. The van der Waals surface area contributed by atoms with Crippen LogP contribution in [0.3, 0.4) is 0 Å². The highest BCUT2D eigenvalue weighted by atomic mass is 32.1. The van der Waals surface area contributed by atoms with E-state index in [-0.39, 0.29) is 5.82 Å². The van der Waals surface area contributed by atoms with Crippen molar-refractivity contribution in [1.82, 2.24) is 9.97 Å². The number of benzene rings is 2. The Hall–Kier alpha value is -3.53. The van der Waals surface area contributed by atoms with Gasteiger partial charge in [-0.05, 0) is 53.4 Å². The monoisotopic (exact) mass is 506 g/mol. The van der Waals surface area contributed by atoms with Crippen LogP contribution in [0.2, 0.25) is 0 Å². The molecule has 0 aliphatic heterocycles. The molecule has 1 atom stereocenters. The summed E-state index contributed by atoms with van der Waals surface area (Å²) in [6.07, 6.45) is 5.67. The molecular weight excluding hydrogens is 487 g/mol. The van der Waals surface area contributed by atoms with Gasteiger partial charge in [0.2, 0.25) is 0 Å². The van der Waals surface area contributed by atoms with Gasteiger partial charge in [-0.2, -0.15) is 17.6 Å². The Morgan fingerprint density at radius 1 is 0.857 bits per heavy atom. The number of thiazole rings is 1. The lowest BCUT2D eigenvalue weighted by molar-refractivity contribution is -0.0692. The van der Waals surface area contributed by atoms with Gasteiger partial charge in [-0.3, -0.25) is 4.98 Å². The van der Waals surface area contributed by atoms with Crippen molar-refractivity contribution in [2.75, 3.05) is 0 Å². The number of halogens is 5. The summed E-state index contributed by atoms with van der Waals surface area (Å²) >= 11 is 1.36. The predicted octanol–water partition coefficient (Wildman–Crippen LogP) is 6.85. The lowest BCUT2D eigenvalue weighted by Gasteiger charge is -2.18. The van der Waals surface area contributed by atoms with Crippen LogP contribution in [-0.2, 0) is 12.8 Å². The summed E-state index contributed by atoms with van der Waals surface area (Å²) in [5, 5.41) is 0.652. The van der Waals surface area contributed by atoms with Crippen LogP contribution >= 0.6 is 11.3 Å². The number of hydrogen-bond donors (Lipinski definition) is 0. The first-order valence-electron chi connectivity index (χ1n) is 10.5. The minimum absolute atomic E-state index is 0.320. The molecule has 0 saturated carbocycles. The summed E-state index contributed by atoms with van der Waals surface area (Å²) < 4.78 is 74.4. The predicted molar refractivity (Wildman–Crippen MR) is 121 cm³/mol. The van der Waals surface area contributed by atoms with Crippen LogP contribution < -0.4 is 9.47 Å². The third-order valence-corrected chi connectivity index (χ3v) is 6.29. The average Bonchev–Trinajstić information content (AvgIpc) is 3.28. The maximum atomic E-state index is 14.1. The topological polar surface area (TPSA) is 44.2 Å². The van der Waals surface area contributed by atoms with Gasteiger partial charge in [-0.15, -0.1) is 11.3 Å². The Labute approximate surface area is 202 Å². The highest BCUT2D eigenvalue weighted by Crippen LogP contribution is 2.38. The fourth-order valence-electron chi connectivity index (χ4n) is 3.62. The molecule has 0 bridgehead atoms. The molecule has 4 aromatic rings. The molecule has 0 aliphatic carbocycles. The quantitative estimate of drug-likeness (QED) is 0.221. The molecule has 0 N–H and O–H groups in total. The highest BCUT2D eigenvalue weighted by molar-refractivity contribution is 7.11. The number of nitrogens with zero attached hydrogens (tertiary/aromatic N) is 2. The van der Waals surface area contributed by atoms with Crippen LogP contribution in [0.25, 0.3) is 0 Å². The van der Waals surface area contributed by atoms with Crippen LogP contribution in [0.15, 0.2) is 73.2 Å². The first-order valence-corrected chi connectivity index (χ1v) is 11.3. The molecule has 182 valence electrons. The molecule has 1 unspecified atom stereocenters. The fraction of sp³-hybridized carbons (Fsp3) is 0.200. The second-order valence-electron chi connectivity index (χ2n) is 7.51. The Morgan fingerprint density at radius 3 is 2.29 bits per heavy atom. The van der Waals surface area contributed by atoms with E-state index in [9.17, 15) is 22.0 Å². The van der Waals surface area contributed by atoms with E-state index in [0.29, 0.717) is 29.0 Å². The van der Waals surface area contributed by atoms with E-state index in [1.807, 2.05) is 12.1 Å². The van der Waals surface area contributed by atoms with Gasteiger partial charge in [0.15, 0.2) is 11.5 Å². The molecule has 35 heavy (non-hydrogen) atoms. The number of aromatic nitrogens is 2. The van der Waals surface area contributed by atoms with Gasteiger partial charge in [-0.25, -0.2) is 9.37 Å². The van der Waals surface area contributed by atoms with Crippen molar-refractivity contribution in [2.45, 2.75) is 32.0 Å². The molecule has 0 aliphatic rings. The maximum Gasteiger partial charge on any atom is 0.387 e. The minimum atomic E-state index is -3.23. The van der Waals surface area contributed by atoms with Crippen LogP contribution in [0.5, 0.6) is 11.5 Å². The van der Waals surface area contributed by atoms with Gasteiger partial charge in [0, 0.05) is 35.8 Å². The second kappa shape index (κ2) is 11.3. The van der Waals surface area contributed by atoms with Crippen molar-refractivity contribution in [2.24, 2.45) is 0 Å². The maximum absolute atomic E-state index is 14.1. The smallest absolute Gasteiger partial charge is 0.387 e. The zero-order valence-electron chi connectivity index (χ0n) is 18.1. The van der Waals surface area contributed by atoms with Gasteiger partial charge in [0.1, 0.15) is 10.8 Å². The van der Waals surface area contributed by atoms with Gasteiger partial charge >= 0.3 is 13.2 Å². The Kier molecular flexibility index (Phi) is 7.91. The van der Waals surface area contributed by atoms with Crippen LogP contribution in [0.1, 0.15) is 32.5 Å². The molecule has 4 rings (SSSR count). The lowest BCUT2D eigenvalue weighted by Crippen LogP contribution is -2.10. The molecule has 0 fully saturated rings. The van der Waals surface area contributed by atoms with Gasteiger partial charge in [-0.1, -0.05) is 24.3 Å². The van der Waals surface area contributed by atoms with Crippen molar-refractivity contribution in [3.8, 4) is 11.5 Å². The number of rotatable bonds is 10. The van der Waals surface area contributed by atoms with E-state index < -0.39 is 30.6 Å². The third-order valence-electron chi connectivity index (χ3n) is 5.18. The summed E-state index contributed by atoms with van der Waals surface area (Å²) in [6.45, 7) is -6.43. The third kappa shape index (κ3) is 6.54. The Bertz CT molecular complexity index is 1250. The van der Waals surface area contributed by atoms with Crippen LogP contribution in [-0.4, -0.2) is 23.2 Å². The zero-order chi connectivity index (χ0) is 24.8. The van der Waals surface area contributed by atoms with E-state index in [0.717, 1.165) is 10.4 Å². The van der Waals surface area contributed by atoms with Crippen molar-refractivity contribution >= 4 is 11.3 Å². The lowest BCUT2D eigenvalue weighted by atomic mass is 9.92. The molecule has 0 saturated heterocycles. The first kappa shape index (κ1) is 24.6. The van der Waals surface area contributed by atoms with Crippen molar-refractivity contribution in [3.05, 3.63) is 106 Å². The van der Waals surface area contributed by atoms with Gasteiger partial charge in [0.05, 0.1) is 0 Å². The molecule has 2 aromatic heterocycles. The van der Waals surface area contributed by atoms with E-state index in [1.54, 1.807) is 36.8 Å². The van der Waals surface area contributed by atoms with Crippen molar-refractivity contribution in [3.63, 3.8) is 0 Å². The normalized spacial score (nSPS) is 12.2. The molecular formula is C25H19F5N2O2S. The summed E-state index contributed by atoms with van der Waals surface area (Å²) in [4.78, 5) is 9.33. The summed E-state index contributed by atoms with van der Waals surface area (Å²) in [5.41, 5.74) is 1.94. The summed E-state index contributed by atoms with van der Waals surface area (Å²) in [7, 11) is 0. The van der Waals surface area contributed by atoms with E-state index in [1.165, 1.54) is 35.6 Å². The summed E-state index contributed by atoms with van der Waals surface area (Å²) in [5.74, 6) is -1.73. The molecule has 0 spiro atoms. The first-order chi connectivity index (χ1) is 16.9. The largest absolute Gasteiger partial charge is 0.431 e. The van der Waals surface area contributed by atoms with Crippen molar-refractivity contribution in [1.29, 1.82) is 0 Å². The number of pyridine rings is 1.